The van der Waals surface area contributed by atoms with Crippen molar-refractivity contribution in [3.63, 3.8) is 0 Å². The minimum Gasteiger partial charge on any atom is -0.316 e. The Bertz CT molecular complexity index is 579. The summed E-state index contributed by atoms with van der Waals surface area (Å²) in [5.41, 5.74) is 2.26. The van der Waals surface area contributed by atoms with Crippen LogP contribution in [0.5, 0.6) is 0 Å². The first kappa shape index (κ1) is 16.4. The van der Waals surface area contributed by atoms with Gasteiger partial charge in [0.15, 0.2) is 0 Å². The highest BCUT2D eigenvalue weighted by Crippen LogP contribution is 2.21. The van der Waals surface area contributed by atoms with Crippen LogP contribution in [-0.2, 0) is 23.0 Å². The summed E-state index contributed by atoms with van der Waals surface area (Å²) in [5.74, 6) is 0. The van der Waals surface area contributed by atoms with Gasteiger partial charge in [-0.05, 0) is 43.8 Å². The largest absolute Gasteiger partial charge is 0.316 e. The Morgan fingerprint density at radius 2 is 1.81 bits per heavy atom. The van der Waals surface area contributed by atoms with Crippen LogP contribution in [0.4, 0.5) is 0 Å². The molecular formula is C15H25N3O2S. The summed E-state index contributed by atoms with van der Waals surface area (Å²) in [6.07, 6.45) is 0.909. The second-order valence-corrected chi connectivity index (χ2v) is 7.46. The van der Waals surface area contributed by atoms with Gasteiger partial charge in [0.1, 0.15) is 0 Å². The van der Waals surface area contributed by atoms with E-state index >= 15 is 0 Å². The van der Waals surface area contributed by atoms with Gasteiger partial charge < -0.3 is 10.2 Å². The van der Waals surface area contributed by atoms with Crippen molar-refractivity contribution in [3.8, 4) is 0 Å². The molecule has 0 unspecified atom stereocenters. The number of rotatable bonds is 5. The Hall–Kier alpha value is -0.950. The monoisotopic (exact) mass is 311 g/mol. The van der Waals surface area contributed by atoms with Gasteiger partial charge in [0, 0.05) is 32.7 Å². The lowest BCUT2D eigenvalue weighted by Crippen LogP contribution is -2.47. The molecule has 0 bridgehead atoms. The Balaban J connectivity index is 2.29. The SMILES string of the molecule is CCc1ccc(S(=O)(=O)N2CCN(C)CC2)cc1CNC. The zero-order chi connectivity index (χ0) is 15.5. The zero-order valence-corrected chi connectivity index (χ0v) is 13.9. The van der Waals surface area contributed by atoms with E-state index < -0.39 is 10.0 Å². The summed E-state index contributed by atoms with van der Waals surface area (Å²) >= 11 is 0. The number of likely N-dealkylation sites (N-methyl/N-ethyl adjacent to an activating group) is 1. The number of piperazine rings is 1. The van der Waals surface area contributed by atoms with Crippen molar-refractivity contribution >= 4 is 10.0 Å². The summed E-state index contributed by atoms with van der Waals surface area (Å²) in [5, 5.41) is 3.11. The maximum atomic E-state index is 12.7. The van der Waals surface area contributed by atoms with Gasteiger partial charge in [0.25, 0.3) is 0 Å². The van der Waals surface area contributed by atoms with E-state index in [0.717, 1.165) is 25.1 Å². The van der Waals surface area contributed by atoms with Crippen molar-refractivity contribution < 1.29 is 8.42 Å². The van der Waals surface area contributed by atoms with E-state index in [1.807, 2.05) is 26.2 Å². The number of hydrogen-bond donors (Lipinski definition) is 1. The van der Waals surface area contributed by atoms with Crippen molar-refractivity contribution in [2.45, 2.75) is 24.8 Å². The van der Waals surface area contributed by atoms with Crippen LogP contribution in [0.2, 0.25) is 0 Å². The van der Waals surface area contributed by atoms with E-state index in [2.05, 4.69) is 17.1 Å². The third kappa shape index (κ3) is 3.63. The second-order valence-electron chi connectivity index (χ2n) is 5.52. The van der Waals surface area contributed by atoms with Crippen LogP contribution in [-0.4, -0.2) is 57.9 Å². The topological polar surface area (TPSA) is 52.7 Å². The van der Waals surface area contributed by atoms with Crippen molar-refractivity contribution in [3.05, 3.63) is 29.3 Å². The maximum absolute atomic E-state index is 12.7. The molecule has 6 heteroatoms. The molecule has 1 fully saturated rings. The quantitative estimate of drug-likeness (QED) is 0.878. The van der Waals surface area contributed by atoms with E-state index in [1.54, 1.807) is 10.4 Å². The molecule has 0 aliphatic carbocycles. The molecular weight excluding hydrogens is 286 g/mol. The second kappa shape index (κ2) is 6.87. The van der Waals surface area contributed by atoms with E-state index in [-0.39, 0.29) is 0 Å². The normalized spacial score (nSPS) is 18.0. The fourth-order valence-corrected chi connectivity index (χ4v) is 4.11. The molecule has 0 saturated carbocycles. The summed E-state index contributed by atoms with van der Waals surface area (Å²) in [7, 11) is 0.523. The van der Waals surface area contributed by atoms with Crippen LogP contribution in [0, 0.1) is 0 Å². The van der Waals surface area contributed by atoms with Crippen LogP contribution >= 0.6 is 0 Å². The lowest BCUT2D eigenvalue weighted by molar-refractivity contribution is 0.222. The fourth-order valence-electron chi connectivity index (χ4n) is 2.64. The average molecular weight is 311 g/mol. The van der Waals surface area contributed by atoms with Crippen LogP contribution in [0.15, 0.2) is 23.1 Å². The molecule has 1 saturated heterocycles. The van der Waals surface area contributed by atoms with Gasteiger partial charge in [0.05, 0.1) is 4.90 Å². The van der Waals surface area contributed by atoms with Gasteiger partial charge in [-0.3, -0.25) is 0 Å². The minimum absolute atomic E-state index is 0.412. The first-order valence-electron chi connectivity index (χ1n) is 7.44. The van der Waals surface area contributed by atoms with Gasteiger partial charge in [-0.1, -0.05) is 13.0 Å². The molecule has 1 N–H and O–H groups in total. The molecule has 1 aromatic rings. The van der Waals surface area contributed by atoms with Gasteiger partial charge in [0.2, 0.25) is 10.0 Å². The van der Waals surface area contributed by atoms with Crippen LogP contribution in [0.25, 0.3) is 0 Å². The molecule has 1 aliphatic rings. The molecule has 0 spiro atoms. The van der Waals surface area contributed by atoms with E-state index in [9.17, 15) is 8.42 Å². The lowest BCUT2D eigenvalue weighted by Gasteiger charge is -2.31. The maximum Gasteiger partial charge on any atom is 0.243 e. The van der Waals surface area contributed by atoms with Gasteiger partial charge in [-0.2, -0.15) is 4.31 Å². The molecule has 5 nitrogen and oxygen atoms in total. The first-order valence-corrected chi connectivity index (χ1v) is 8.88. The summed E-state index contributed by atoms with van der Waals surface area (Å²) in [4.78, 5) is 2.56. The van der Waals surface area contributed by atoms with E-state index in [4.69, 9.17) is 0 Å². The minimum atomic E-state index is -3.37. The molecule has 2 rings (SSSR count). The van der Waals surface area contributed by atoms with Crippen LogP contribution in [0.3, 0.4) is 0 Å². The van der Waals surface area contributed by atoms with Crippen LogP contribution < -0.4 is 5.32 Å². The molecule has 118 valence electrons. The molecule has 1 aliphatic heterocycles. The van der Waals surface area contributed by atoms with Crippen LogP contribution in [0.1, 0.15) is 18.1 Å². The molecule has 21 heavy (non-hydrogen) atoms. The Labute approximate surface area is 128 Å². The van der Waals surface area contributed by atoms with Gasteiger partial charge in [-0.15, -0.1) is 0 Å². The summed E-state index contributed by atoms with van der Waals surface area (Å²) < 4.78 is 27.1. The fraction of sp³-hybridized carbons (Fsp3) is 0.600. The Morgan fingerprint density at radius 3 is 2.38 bits per heavy atom. The smallest absolute Gasteiger partial charge is 0.243 e. The molecule has 0 atom stereocenters. The number of sulfonamides is 1. The number of nitrogens with one attached hydrogen (secondary N) is 1. The van der Waals surface area contributed by atoms with Crippen molar-refractivity contribution in [2.75, 3.05) is 40.3 Å². The van der Waals surface area contributed by atoms with Gasteiger partial charge in [-0.25, -0.2) is 8.42 Å². The first-order chi connectivity index (χ1) is 9.98. The standard InChI is InChI=1S/C15H25N3O2S/c1-4-13-5-6-15(11-14(13)12-16-2)21(19,20)18-9-7-17(3)8-10-18/h5-6,11,16H,4,7-10,12H2,1-3H3. The number of aryl methyl sites for hydroxylation is 1. The highest BCUT2D eigenvalue weighted by molar-refractivity contribution is 7.89. The zero-order valence-electron chi connectivity index (χ0n) is 13.1. The summed E-state index contributed by atoms with van der Waals surface area (Å²) in [6.45, 7) is 5.48. The molecule has 0 radical (unpaired) electrons. The number of nitrogens with zero attached hydrogens (tertiary/aromatic N) is 2. The molecule has 0 aromatic heterocycles. The highest BCUT2D eigenvalue weighted by Gasteiger charge is 2.27. The molecule has 1 aromatic carbocycles. The third-order valence-electron chi connectivity index (χ3n) is 4.03. The van der Waals surface area contributed by atoms with E-state index in [0.29, 0.717) is 24.5 Å². The predicted octanol–water partition coefficient (Wildman–Crippen LogP) is 0.905. The van der Waals surface area contributed by atoms with Crippen molar-refractivity contribution in [1.29, 1.82) is 0 Å². The number of hydrogen-bond acceptors (Lipinski definition) is 4. The number of benzene rings is 1. The van der Waals surface area contributed by atoms with Crippen molar-refractivity contribution in [2.24, 2.45) is 0 Å². The lowest BCUT2D eigenvalue weighted by atomic mass is 10.1. The summed E-state index contributed by atoms with van der Waals surface area (Å²) in [6, 6.07) is 5.50. The Morgan fingerprint density at radius 1 is 1.14 bits per heavy atom. The highest BCUT2D eigenvalue weighted by atomic mass is 32.2. The molecule has 1 heterocycles. The average Bonchev–Trinajstić information content (AvgIpc) is 2.48. The van der Waals surface area contributed by atoms with E-state index in [1.165, 1.54) is 5.56 Å². The third-order valence-corrected chi connectivity index (χ3v) is 5.92. The molecule has 0 amide bonds. The van der Waals surface area contributed by atoms with Crippen molar-refractivity contribution in [1.82, 2.24) is 14.5 Å². The Kier molecular flexibility index (Phi) is 5.37. The van der Waals surface area contributed by atoms with Gasteiger partial charge >= 0.3 is 0 Å². The predicted molar refractivity (Wildman–Crippen MR) is 84.8 cm³/mol.